The van der Waals surface area contributed by atoms with E-state index in [9.17, 15) is 18.8 Å². The predicted molar refractivity (Wildman–Crippen MR) is 85.8 cm³/mol. The first-order chi connectivity index (χ1) is 11.8. The fraction of sp³-hybridized carbons (Fsp3) is 0.250. The van der Waals surface area contributed by atoms with Crippen molar-refractivity contribution in [2.45, 2.75) is 12.5 Å². The zero-order valence-corrected chi connectivity index (χ0v) is 13.6. The minimum Gasteiger partial charge on any atom is -0.322 e. The van der Waals surface area contributed by atoms with E-state index in [-0.39, 0.29) is 0 Å². The first-order valence-electron chi connectivity index (χ1n) is 7.48. The van der Waals surface area contributed by atoms with Gasteiger partial charge in [0.1, 0.15) is 17.9 Å². The third-order valence-electron chi connectivity index (χ3n) is 3.99. The van der Waals surface area contributed by atoms with E-state index in [1.165, 1.54) is 42.1 Å². The number of carbonyl (C=O) groups is 3. The number of urea groups is 1. The molecule has 0 bridgehead atoms. The number of amides is 4. The molecule has 1 aromatic carbocycles. The van der Waals surface area contributed by atoms with Gasteiger partial charge in [-0.15, -0.1) is 0 Å². The Kier molecular flexibility index (Phi) is 3.99. The number of benzene rings is 1. The highest BCUT2D eigenvalue weighted by Gasteiger charge is 2.49. The SMILES string of the molecule is Cn1cc(NC(=O)CN2C(=O)N[C@](C)(c3ccc(F)cc3)C2=O)cn1. The molecule has 8 nitrogen and oxygen atoms in total. The average Bonchev–Trinajstić information content (AvgIpc) is 3.05. The number of halogens is 1. The number of carbonyl (C=O) groups excluding carboxylic acids is 3. The molecule has 2 heterocycles. The van der Waals surface area contributed by atoms with Gasteiger partial charge in [-0.05, 0) is 24.6 Å². The largest absolute Gasteiger partial charge is 0.325 e. The highest BCUT2D eigenvalue weighted by molar-refractivity contribution is 6.10. The van der Waals surface area contributed by atoms with Crippen molar-refractivity contribution in [2.75, 3.05) is 11.9 Å². The van der Waals surface area contributed by atoms with E-state index in [0.29, 0.717) is 11.3 Å². The molecule has 2 aromatic rings. The smallest absolute Gasteiger partial charge is 0.322 e. The van der Waals surface area contributed by atoms with Crippen molar-refractivity contribution >= 4 is 23.5 Å². The number of hydrogen-bond acceptors (Lipinski definition) is 4. The van der Waals surface area contributed by atoms with Crippen LogP contribution in [-0.4, -0.2) is 39.1 Å². The summed E-state index contributed by atoms with van der Waals surface area (Å²) in [6.45, 7) is 1.08. The van der Waals surface area contributed by atoms with Crippen LogP contribution >= 0.6 is 0 Å². The number of rotatable bonds is 4. The quantitative estimate of drug-likeness (QED) is 0.807. The van der Waals surface area contributed by atoms with E-state index in [4.69, 9.17) is 0 Å². The Morgan fingerprint density at radius 3 is 2.60 bits per heavy atom. The lowest BCUT2D eigenvalue weighted by atomic mass is 9.92. The van der Waals surface area contributed by atoms with Crippen molar-refractivity contribution in [1.82, 2.24) is 20.0 Å². The van der Waals surface area contributed by atoms with Crippen LogP contribution in [0.4, 0.5) is 14.9 Å². The number of nitrogens with zero attached hydrogens (tertiary/aromatic N) is 3. The molecule has 1 atom stereocenters. The molecule has 0 spiro atoms. The monoisotopic (exact) mass is 345 g/mol. The van der Waals surface area contributed by atoms with E-state index in [2.05, 4.69) is 15.7 Å². The van der Waals surface area contributed by atoms with Crippen molar-refractivity contribution in [1.29, 1.82) is 0 Å². The van der Waals surface area contributed by atoms with Crippen molar-refractivity contribution in [3.05, 3.63) is 48.0 Å². The summed E-state index contributed by atoms with van der Waals surface area (Å²) in [5.74, 6) is -1.55. The number of aryl methyl sites for hydroxylation is 1. The van der Waals surface area contributed by atoms with Gasteiger partial charge in [-0.3, -0.25) is 19.2 Å². The van der Waals surface area contributed by atoms with Gasteiger partial charge in [0, 0.05) is 13.2 Å². The molecule has 9 heteroatoms. The summed E-state index contributed by atoms with van der Waals surface area (Å²) in [6.07, 6.45) is 3.04. The van der Waals surface area contributed by atoms with Crippen LogP contribution in [0.1, 0.15) is 12.5 Å². The average molecular weight is 345 g/mol. The summed E-state index contributed by atoms with van der Waals surface area (Å²) >= 11 is 0. The molecular weight excluding hydrogens is 329 g/mol. The molecule has 0 radical (unpaired) electrons. The lowest BCUT2D eigenvalue weighted by Gasteiger charge is -2.22. The topological polar surface area (TPSA) is 96.3 Å². The maximum Gasteiger partial charge on any atom is 0.325 e. The van der Waals surface area contributed by atoms with Gasteiger partial charge in [0.15, 0.2) is 0 Å². The molecular formula is C16H16FN5O3. The molecule has 2 N–H and O–H groups in total. The summed E-state index contributed by atoms with van der Waals surface area (Å²) in [7, 11) is 1.70. The Labute approximate surface area is 142 Å². The first-order valence-corrected chi connectivity index (χ1v) is 7.48. The molecule has 0 unspecified atom stereocenters. The number of anilines is 1. The fourth-order valence-corrected chi connectivity index (χ4v) is 2.65. The maximum absolute atomic E-state index is 13.1. The van der Waals surface area contributed by atoms with Gasteiger partial charge in [-0.25, -0.2) is 9.18 Å². The minimum absolute atomic E-state index is 0.433. The molecule has 25 heavy (non-hydrogen) atoms. The Balaban J connectivity index is 1.74. The minimum atomic E-state index is -1.35. The molecule has 1 aromatic heterocycles. The highest BCUT2D eigenvalue weighted by Crippen LogP contribution is 2.28. The van der Waals surface area contributed by atoms with Gasteiger partial charge < -0.3 is 10.6 Å². The van der Waals surface area contributed by atoms with Gasteiger partial charge in [0.2, 0.25) is 5.91 Å². The molecule has 3 rings (SSSR count). The van der Waals surface area contributed by atoms with Gasteiger partial charge in [-0.1, -0.05) is 12.1 Å². The van der Waals surface area contributed by atoms with Gasteiger partial charge >= 0.3 is 6.03 Å². The molecule has 1 aliphatic rings. The zero-order valence-electron chi connectivity index (χ0n) is 13.6. The standard InChI is InChI=1S/C16H16FN5O3/c1-16(10-3-5-11(17)6-4-10)14(24)22(15(25)20-16)9-13(23)19-12-7-18-21(2)8-12/h3-8H,9H2,1-2H3,(H,19,23)(H,20,25)/t16-/m1/s1. The van der Waals surface area contributed by atoms with Gasteiger partial charge in [0.25, 0.3) is 5.91 Å². The third-order valence-corrected chi connectivity index (χ3v) is 3.99. The molecule has 1 saturated heterocycles. The second-order valence-corrected chi connectivity index (χ2v) is 5.90. The number of hydrogen-bond donors (Lipinski definition) is 2. The van der Waals surface area contributed by atoms with E-state index >= 15 is 0 Å². The molecule has 1 aliphatic heterocycles. The number of aromatic nitrogens is 2. The van der Waals surface area contributed by atoms with Crippen LogP contribution in [0.5, 0.6) is 0 Å². The van der Waals surface area contributed by atoms with Crippen LogP contribution < -0.4 is 10.6 Å². The summed E-state index contributed by atoms with van der Waals surface area (Å²) in [5.41, 5.74) is -0.456. The zero-order chi connectivity index (χ0) is 18.2. The van der Waals surface area contributed by atoms with Crippen LogP contribution in [-0.2, 0) is 22.2 Å². The predicted octanol–water partition coefficient (Wildman–Crippen LogP) is 0.965. The fourth-order valence-electron chi connectivity index (χ4n) is 2.65. The van der Waals surface area contributed by atoms with E-state index in [1.807, 2.05) is 0 Å². The Bertz CT molecular complexity index is 848. The highest BCUT2D eigenvalue weighted by atomic mass is 19.1. The molecule has 4 amide bonds. The van der Waals surface area contributed by atoms with E-state index in [1.54, 1.807) is 13.2 Å². The number of nitrogens with one attached hydrogen (secondary N) is 2. The Morgan fingerprint density at radius 1 is 1.32 bits per heavy atom. The van der Waals surface area contributed by atoms with Crippen molar-refractivity contribution < 1.29 is 18.8 Å². The van der Waals surface area contributed by atoms with Crippen LogP contribution in [0.2, 0.25) is 0 Å². The summed E-state index contributed by atoms with van der Waals surface area (Å²) < 4.78 is 14.6. The van der Waals surface area contributed by atoms with Gasteiger partial charge in [0.05, 0.1) is 11.9 Å². The van der Waals surface area contributed by atoms with Crippen LogP contribution in [0.25, 0.3) is 0 Å². The lowest BCUT2D eigenvalue weighted by Crippen LogP contribution is -2.42. The first kappa shape index (κ1) is 16.6. The van der Waals surface area contributed by atoms with Crippen LogP contribution in [0.15, 0.2) is 36.7 Å². The molecule has 0 aliphatic carbocycles. The second-order valence-electron chi connectivity index (χ2n) is 5.90. The summed E-state index contributed by atoms with van der Waals surface area (Å²) in [4.78, 5) is 37.7. The summed E-state index contributed by atoms with van der Waals surface area (Å²) in [5, 5.41) is 9.03. The van der Waals surface area contributed by atoms with Crippen LogP contribution in [0, 0.1) is 5.82 Å². The van der Waals surface area contributed by atoms with E-state index < -0.39 is 35.7 Å². The van der Waals surface area contributed by atoms with Crippen molar-refractivity contribution in [2.24, 2.45) is 7.05 Å². The summed E-state index contributed by atoms with van der Waals surface area (Å²) in [6, 6.07) is 4.58. The Morgan fingerprint density at radius 2 is 2.00 bits per heavy atom. The third kappa shape index (κ3) is 3.08. The molecule has 130 valence electrons. The lowest BCUT2D eigenvalue weighted by molar-refractivity contribution is -0.133. The van der Waals surface area contributed by atoms with Gasteiger partial charge in [-0.2, -0.15) is 5.10 Å². The van der Waals surface area contributed by atoms with Crippen molar-refractivity contribution in [3.8, 4) is 0 Å². The molecule has 1 fully saturated rings. The molecule has 0 saturated carbocycles. The number of imide groups is 1. The normalized spacial score (nSPS) is 19.9. The van der Waals surface area contributed by atoms with Crippen molar-refractivity contribution in [3.63, 3.8) is 0 Å². The second kappa shape index (κ2) is 6.00. The van der Waals surface area contributed by atoms with Crippen LogP contribution in [0.3, 0.4) is 0 Å². The Hall–Kier alpha value is -3.23. The van der Waals surface area contributed by atoms with E-state index in [0.717, 1.165) is 4.90 Å². The maximum atomic E-state index is 13.1.